The van der Waals surface area contributed by atoms with Crippen LogP contribution in [0.4, 0.5) is 0 Å². The molecule has 1 aliphatic heterocycles. The summed E-state index contributed by atoms with van der Waals surface area (Å²) < 4.78 is 0. The zero-order valence-corrected chi connectivity index (χ0v) is 8.69. The molecule has 1 rings (SSSR count). The van der Waals surface area contributed by atoms with E-state index in [1.165, 1.54) is 0 Å². The van der Waals surface area contributed by atoms with E-state index in [1.54, 1.807) is 4.90 Å². The quantitative estimate of drug-likeness (QED) is 0.606. The van der Waals surface area contributed by atoms with Crippen molar-refractivity contribution in [1.29, 1.82) is 0 Å². The first kappa shape index (κ1) is 11.0. The minimum atomic E-state index is -0.0973. The molecule has 5 heteroatoms. The number of hydrogen-bond donors (Lipinski definition) is 1. The molecule has 0 bridgehead atoms. The predicted octanol–water partition coefficient (Wildman–Crippen LogP) is -0.757. The van der Waals surface area contributed by atoms with E-state index >= 15 is 0 Å². The van der Waals surface area contributed by atoms with E-state index in [1.807, 2.05) is 19.0 Å². The zero-order chi connectivity index (χ0) is 10.6. The maximum atomic E-state index is 11.7. The van der Waals surface area contributed by atoms with Crippen molar-refractivity contribution in [3.8, 4) is 0 Å². The lowest BCUT2D eigenvalue weighted by Crippen LogP contribution is -2.47. The Morgan fingerprint density at radius 3 is 2.93 bits per heavy atom. The van der Waals surface area contributed by atoms with Gasteiger partial charge in [0.05, 0.1) is 6.54 Å². The maximum Gasteiger partial charge on any atom is 0.238 e. The minimum Gasteiger partial charge on any atom is -0.338 e. The van der Waals surface area contributed by atoms with E-state index in [0.717, 1.165) is 19.4 Å². The van der Waals surface area contributed by atoms with E-state index < -0.39 is 0 Å². The molecule has 0 saturated carbocycles. The highest BCUT2D eigenvalue weighted by Gasteiger charge is 2.27. The van der Waals surface area contributed by atoms with Crippen LogP contribution < -0.4 is 5.32 Å². The van der Waals surface area contributed by atoms with Crippen molar-refractivity contribution < 1.29 is 9.59 Å². The summed E-state index contributed by atoms with van der Waals surface area (Å²) in [5.41, 5.74) is 0. The molecular formula is C9H17N3O2. The molecule has 0 radical (unpaired) electrons. The van der Waals surface area contributed by atoms with Crippen LogP contribution in [-0.4, -0.2) is 55.5 Å². The topological polar surface area (TPSA) is 52.7 Å². The highest BCUT2D eigenvalue weighted by atomic mass is 16.2. The smallest absolute Gasteiger partial charge is 0.238 e. The van der Waals surface area contributed by atoms with E-state index in [-0.39, 0.29) is 12.1 Å². The molecule has 14 heavy (non-hydrogen) atoms. The Bertz CT molecular complexity index is 218. The van der Waals surface area contributed by atoms with Crippen LogP contribution in [0.2, 0.25) is 0 Å². The highest BCUT2D eigenvalue weighted by Crippen LogP contribution is 2.14. The third kappa shape index (κ3) is 2.70. The van der Waals surface area contributed by atoms with Crippen LogP contribution in [0, 0.1) is 0 Å². The van der Waals surface area contributed by atoms with Crippen LogP contribution >= 0.6 is 0 Å². The molecule has 0 aromatic rings. The Morgan fingerprint density at radius 2 is 2.36 bits per heavy atom. The van der Waals surface area contributed by atoms with Gasteiger partial charge in [0.25, 0.3) is 0 Å². The number of amides is 2. The maximum absolute atomic E-state index is 11.7. The van der Waals surface area contributed by atoms with Gasteiger partial charge in [-0.2, -0.15) is 0 Å². The molecule has 1 N–H and O–H groups in total. The van der Waals surface area contributed by atoms with Gasteiger partial charge in [0.1, 0.15) is 6.17 Å². The molecule has 1 unspecified atom stereocenters. The van der Waals surface area contributed by atoms with Crippen molar-refractivity contribution in [2.24, 2.45) is 0 Å². The minimum absolute atomic E-state index is 0.0758. The molecule has 0 aromatic carbocycles. The van der Waals surface area contributed by atoms with Crippen molar-refractivity contribution in [3.63, 3.8) is 0 Å². The summed E-state index contributed by atoms with van der Waals surface area (Å²) >= 11 is 0. The summed E-state index contributed by atoms with van der Waals surface area (Å²) in [7, 11) is 3.71. The molecule has 0 spiro atoms. The van der Waals surface area contributed by atoms with Gasteiger partial charge in [0, 0.05) is 6.54 Å². The van der Waals surface area contributed by atoms with E-state index in [0.29, 0.717) is 13.0 Å². The molecule has 1 heterocycles. The fourth-order valence-corrected chi connectivity index (χ4v) is 1.68. The summed E-state index contributed by atoms with van der Waals surface area (Å²) in [6, 6.07) is 0. The molecule has 1 atom stereocenters. The Balaban J connectivity index is 2.48. The van der Waals surface area contributed by atoms with Gasteiger partial charge in [-0.05, 0) is 26.9 Å². The fraction of sp³-hybridized carbons (Fsp3) is 0.778. The highest BCUT2D eigenvalue weighted by molar-refractivity contribution is 5.79. The summed E-state index contributed by atoms with van der Waals surface area (Å²) in [5, 5.41) is 2.65. The number of nitrogens with one attached hydrogen (secondary N) is 1. The number of carbonyl (C=O) groups excluding carboxylic acids is 2. The number of hydrogen-bond acceptors (Lipinski definition) is 3. The van der Waals surface area contributed by atoms with Crippen LogP contribution in [0.3, 0.4) is 0 Å². The van der Waals surface area contributed by atoms with Crippen molar-refractivity contribution in [2.75, 3.05) is 27.2 Å². The first-order valence-electron chi connectivity index (χ1n) is 4.79. The van der Waals surface area contributed by atoms with E-state index in [9.17, 15) is 9.59 Å². The first-order chi connectivity index (χ1) is 6.65. The number of nitrogens with zero attached hydrogens (tertiary/aromatic N) is 2. The summed E-state index contributed by atoms with van der Waals surface area (Å²) in [6.45, 7) is 1.15. The van der Waals surface area contributed by atoms with Crippen LogP contribution in [0.25, 0.3) is 0 Å². The Kier molecular flexibility index (Phi) is 3.88. The van der Waals surface area contributed by atoms with Gasteiger partial charge in [-0.3, -0.25) is 9.59 Å². The van der Waals surface area contributed by atoms with Gasteiger partial charge >= 0.3 is 0 Å². The number of rotatable bonds is 4. The lowest BCUT2D eigenvalue weighted by atomic mass is 10.3. The largest absolute Gasteiger partial charge is 0.338 e. The second-order valence-corrected chi connectivity index (χ2v) is 3.77. The lowest BCUT2D eigenvalue weighted by Gasteiger charge is -2.25. The second kappa shape index (κ2) is 4.95. The molecule has 0 aliphatic carbocycles. The van der Waals surface area contributed by atoms with Crippen molar-refractivity contribution in [2.45, 2.75) is 19.0 Å². The molecule has 80 valence electrons. The monoisotopic (exact) mass is 199 g/mol. The van der Waals surface area contributed by atoms with Crippen molar-refractivity contribution >= 4 is 12.3 Å². The van der Waals surface area contributed by atoms with Gasteiger partial charge in [-0.25, -0.2) is 0 Å². The zero-order valence-electron chi connectivity index (χ0n) is 8.69. The molecule has 1 saturated heterocycles. The van der Waals surface area contributed by atoms with E-state index in [2.05, 4.69) is 5.32 Å². The average Bonchev–Trinajstić information content (AvgIpc) is 2.51. The molecule has 0 aromatic heterocycles. The van der Waals surface area contributed by atoms with Crippen LogP contribution in [0.15, 0.2) is 0 Å². The molecule has 1 fully saturated rings. The van der Waals surface area contributed by atoms with Gasteiger partial charge in [0.15, 0.2) is 0 Å². The van der Waals surface area contributed by atoms with Crippen molar-refractivity contribution in [1.82, 2.24) is 15.1 Å². The normalized spacial score (nSPS) is 21.4. The van der Waals surface area contributed by atoms with E-state index in [4.69, 9.17) is 0 Å². The number of likely N-dealkylation sites (tertiary alicyclic amines) is 1. The Hall–Kier alpha value is -1.10. The van der Waals surface area contributed by atoms with Gasteiger partial charge in [-0.1, -0.05) is 0 Å². The van der Waals surface area contributed by atoms with Crippen LogP contribution in [0.5, 0.6) is 0 Å². The molecule has 5 nitrogen and oxygen atoms in total. The van der Waals surface area contributed by atoms with Gasteiger partial charge in [-0.15, -0.1) is 0 Å². The summed E-state index contributed by atoms with van der Waals surface area (Å²) in [5.74, 6) is 0.0758. The molecule has 2 amide bonds. The third-order valence-electron chi connectivity index (χ3n) is 2.29. The SMILES string of the molecule is CN(C)CC(=O)N1CCCC1NC=O. The van der Waals surface area contributed by atoms with Crippen molar-refractivity contribution in [3.05, 3.63) is 0 Å². The third-order valence-corrected chi connectivity index (χ3v) is 2.29. The van der Waals surface area contributed by atoms with Gasteiger partial charge in [0.2, 0.25) is 12.3 Å². The standard InChI is InChI=1S/C9H17N3O2/c1-11(2)6-9(14)12-5-3-4-8(12)10-7-13/h7-8H,3-6H2,1-2H3,(H,10,13). The van der Waals surface area contributed by atoms with Crippen LogP contribution in [-0.2, 0) is 9.59 Å². The number of likely N-dealkylation sites (N-methyl/N-ethyl adjacent to an activating group) is 1. The fourth-order valence-electron chi connectivity index (χ4n) is 1.68. The lowest BCUT2D eigenvalue weighted by molar-refractivity contribution is -0.133. The summed E-state index contributed by atoms with van der Waals surface area (Å²) in [6.07, 6.45) is 2.38. The number of carbonyl (C=O) groups is 2. The molecular weight excluding hydrogens is 182 g/mol. The first-order valence-corrected chi connectivity index (χ1v) is 4.79. The van der Waals surface area contributed by atoms with Crippen LogP contribution in [0.1, 0.15) is 12.8 Å². The Labute approximate surface area is 84.0 Å². The Morgan fingerprint density at radius 1 is 1.64 bits per heavy atom. The predicted molar refractivity (Wildman–Crippen MR) is 52.5 cm³/mol. The average molecular weight is 199 g/mol. The summed E-state index contributed by atoms with van der Waals surface area (Å²) in [4.78, 5) is 25.5. The molecule has 1 aliphatic rings. The van der Waals surface area contributed by atoms with Gasteiger partial charge < -0.3 is 15.1 Å². The second-order valence-electron chi connectivity index (χ2n) is 3.77.